The first-order chi connectivity index (χ1) is 6.98. The summed E-state index contributed by atoms with van der Waals surface area (Å²) in [7, 11) is -1.80. The lowest BCUT2D eigenvalue weighted by atomic mass is 10.4. The largest absolute Gasteiger partial charge is 0.330 e. The molecule has 2 N–H and O–H groups in total. The SMILES string of the molecule is Cc1ncc(S(=O)(=O)N(C)CCCN)s1. The van der Waals surface area contributed by atoms with Gasteiger partial charge < -0.3 is 5.73 Å². The molecule has 15 heavy (non-hydrogen) atoms. The first kappa shape index (κ1) is 12.6. The number of aryl methyl sites for hydroxylation is 1. The third kappa shape index (κ3) is 2.97. The number of nitrogens with two attached hydrogens (primary N) is 1. The molecule has 0 aliphatic rings. The Kier molecular flexibility index (Phi) is 4.21. The summed E-state index contributed by atoms with van der Waals surface area (Å²) in [6.45, 7) is 2.71. The van der Waals surface area contributed by atoms with Crippen LogP contribution in [-0.2, 0) is 10.0 Å². The molecule has 1 heterocycles. The van der Waals surface area contributed by atoms with Crippen molar-refractivity contribution in [3.8, 4) is 0 Å². The first-order valence-corrected chi connectivity index (χ1v) is 6.83. The fourth-order valence-corrected chi connectivity index (χ4v) is 3.58. The summed E-state index contributed by atoms with van der Waals surface area (Å²) >= 11 is 1.18. The Bertz CT molecular complexity index is 413. The third-order valence-electron chi connectivity index (χ3n) is 1.94. The highest BCUT2D eigenvalue weighted by Gasteiger charge is 2.22. The van der Waals surface area contributed by atoms with Gasteiger partial charge in [-0.3, -0.25) is 0 Å². The average Bonchev–Trinajstić information content (AvgIpc) is 2.61. The molecule has 0 aromatic carbocycles. The Morgan fingerprint density at radius 2 is 2.27 bits per heavy atom. The van der Waals surface area contributed by atoms with Gasteiger partial charge in [-0.1, -0.05) is 0 Å². The van der Waals surface area contributed by atoms with Crippen molar-refractivity contribution in [3.05, 3.63) is 11.2 Å². The predicted octanol–water partition coefficient (Wildman–Crippen LogP) is 0.421. The molecule has 0 aliphatic heterocycles. The van der Waals surface area contributed by atoms with Crippen LogP contribution in [0.15, 0.2) is 10.4 Å². The highest BCUT2D eigenvalue weighted by atomic mass is 32.2. The van der Waals surface area contributed by atoms with Gasteiger partial charge in [-0.2, -0.15) is 0 Å². The van der Waals surface area contributed by atoms with E-state index < -0.39 is 10.0 Å². The van der Waals surface area contributed by atoms with Crippen molar-refractivity contribution in [1.29, 1.82) is 0 Å². The Morgan fingerprint density at radius 3 is 2.73 bits per heavy atom. The van der Waals surface area contributed by atoms with Crippen molar-refractivity contribution in [2.24, 2.45) is 5.73 Å². The molecular weight excluding hydrogens is 234 g/mol. The van der Waals surface area contributed by atoms with Gasteiger partial charge in [0.25, 0.3) is 10.0 Å². The van der Waals surface area contributed by atoms with Crippen LogP contribution >= 0.6 is 11.3 Å². The second-order valence-corrected chi connectivity index (χ2v) is 6.67. The minimum absolute atomic E-state index is 0.291. The second-order valence-electron chi connectivity index (χ2n) is 3.17. The van der Waals surface area contributed by atoms with Crippen LogP contribution in [0.2, 0.25) is 0 Å². The summed E-state index contributed by atoms with van der Waals surface area (Å²) in [5.74, 6) is 0. The maximum atomic E-state index is 11.9. The zero-order valence-electron chi connectivity index (χ0n) is 8.80. The summed E-state index contributed by atoms with van der Waals surface area (Å²) in [5.41, 5.74) is 5.33. The van der Waals surface area contributed by atoms with E-state index in [1.807, 2.05) is 0 Å². The molecule has 0 saturated heterocycles. The number of nitrogens with zero attached hydrogens (tertiary/aromatic N) is 2. The molecule has 0 bridgehead atoms. The summed E-state index contributed by atoms with van der Waals surface area (Å²) in [6, 6.07) is 0. The van der Waals surface area contributed by atoms with E-state index in [4.69, 9.17) is 5.73 Å². The zero-order chi connectivity index (χ0) is 11.5. The Hall–Kier alpha value is -0.500. The predicted molar refractivity (Wildman–Crippen MR) is 60.3 cm³/mol. The van der Waals surface area contributed by atoms with Gasteiger partial charge in [0.05, 0.1) is 11.2 Å². The van der Waals surface area contributed by atoms with Crippen molar-refractivity contribution in [2.75, 3.05) is 20.1 Å². The Balaban J connectivity index is 2.83. The minimum Gasteiger partial charge on any atom is -0.330 e. The van der Waals surface area contributed by atoms with E-state index in [1.54, 1.807) is 14.0 Å². The average molecular weight is 249 g/mol. The van der Waals surface area contributed by atoms with Gasteiger partial charge >= 0.3 is 0 Å². The molecule has 1 rings (SSSR count). The normalized spacial score (nSPS) is 12.3. The Labute approximate surface area is 94.0 Å². The third-order valence-corrected chi connectivity index (χ3v) is 5.15. The molecule has 0 atom stereocenters. The van der Waals surface area contributed by atoms with E-state index in [2.05, 4.69) is 4.98 Å². The molecule has 1 aromatic heterocycles. The van der Waals surface area contributed by atoms with E-state index in [0.29, 0.717) is 23.7 Å². The summed E-state index contributed by atoms with van der Waals surface area (Å²) < 4.78 is 25.4. The fourth-order valence-electron chi connectivity index (χ4n) is 1.05. The molecule has 0 unspecified atom stereocenters. The minimum atomic E-state index is -3.36. The standard InChI is InChI=1S/C8H15N3O2S2/c1-7-10-6-8(14-7)15(12,13)11(2)5-3-4-9/h6H,3-5,9H2,1-2H3. The maximum absolute atomic E-state index is 11.9. The lowest BCUT2D eigenvalue weighted by molar-refractivity contribution is 0.465. The van der Waals surface area contributed by atoms with Crippen LogP contribution < -0.4 is 5.73 Å². The Morgan fingerprint density at radius 1 is 1.60 bits per heavy atom. The number of sulfonamides is 1. The smallest absolute Gasteiger partial charge is 0.253 e. The number of aromatic nitrogens is 1. The molecule has 1 aromatic rings. The zero-order valence-corrected chi connectivity index (χ0v) is 10.4. The van der Waals surface area contributed by atoms with E-state index in [0.717, 1.165) is 5.01 Å². The lowest BCUT2D eigenvalue weighted by Crippen LogP contribution is -2.28. The monoisotopic (exact) mass is 249 g/mol. The number of hydrogen-bond acceptors (Lipinski definition) is 5. The van der Waals surface area contributed by atoms with Crippen LogP contribution in [0.25, 0.3) is 0 Å². The second kappa shape index (κ2) is 5.02. The number of rotatable bonds is 5. The van der Waals surface area contributed by atoms with Gasteiger partial charge in [-0.15, -0.1) is 11.3 Å². The van der Waals surface area contributed by atoms with Crippen molar-refractivity contribution >= 4 is 21.4 Å². The molecule has 86 valence electrons. The summed E-state index contributed by atoms with van der Waals surface area (Å²) in [5, 5.41) is 0.751. The summed E-state index contributed by atoms with van der Waals surface area (Å²) in [4.78, 5) is 3.93. The molecule has 5 nitrogen and oxygen atoms in total. The van der Waals surface area contributed by atoms with Crippen molar-refractivity contribution in [1.82, 2.24) is 9.29 Å². The molecule has 0 radical (unpaired) electrons. The van der Waals surface area contributed by atoms with Gasteiger partial charge in [-0.05, 0) is 19.9 Å². The van der Waals surface area contributed by atoms with Crippen LogP contribution in [0.4, 0.5) is 0 Å². The van der Waals surface area contributed by atoms with Gasteiger partial charge in [0.2, 0.25) is 0 Å². The van der Waals surface area contributed by atoms with E-state index >= 15 is 0 Å². The molecule has 0 aliphatic carbocycles. The molecule has 0 saturated carbocycles. The van der Waals surface area contributed by atoms with Crippen LogP contribution in [-0.4, -0.2) is 37.8 Å². The van der Waals surface area contributed by atoms with Gasteiger partial charge in [0, 0.05) is 13.6 Å². The van der Waals surface area contributed by atoms with Crippen molar-refractivity contribution < 1.29 is 8.42 Å². The van der Waals surface area contributed by atoms with Crippen LogP contribution in [0.3, 0.4) is 0 Å². The van der Waals surface area contributed by atoms with E-state index in [-0.39, 0.29) is 0 Å². The molecule has 0 spiro atoms. The van der Waals surface area contributed by atoms with E-state index in [9.17, 15) is 8.42 Å². The highest BCUT2D eigenvalue weighted by Crippen LogP contribution is 2.21. The molecule has 7 heteroatoms. The van der Waals surface area contributed by atoms with Gasteiger partial charge in [-0.25, -0.2) is 17.7 Å². The first-order valence-electron chi connectivity index (χ1n) is 4.57. The van der Waals surface area contributed by atoms with Crippen molar-refractivity contribution in [3.63, 3.8) is 0 Å². The summed E-state index contributed by atoms with van der Waals surface area (Å²) in [6.07, 6.45) is 2.06. The molecule has 0 fully saturated rings. The topological polar surface area (TPSA) is 76.3 Å². The van der Waals surface area contributed by atoms with E-state index in [1.165, 1.54) is 21.8 Å². The van der Waals surface area contributed by atoms with Gasteiger partial charge in [0.1, 0.15) is 0 Å². The maximum Gasteiger partial charge on any atom is 0.253 e. The molecule has 0 amide bonds. The quantitative estimate of drug-likeness (QED) is 0.820. The number of thiazole rings is 1. The fraction of sp³-hybridized carbons (Fsp3) is 0.625. The van der Waals surface area contributed by atoms with Crippen LogP contribution in [0.1, 0.15) is 11.4 Å². The molecular formula is C8H15N3O2S2. The number of hydrogen-bond donors (Lipinski definition) is 1. The van der Waals surface area contributed by atoms with Crippen molar-refractivity contribution in [2.45, 2.75) is 17.6 Å². The highest BCUT2D eigenvalue weighted by molar-refractivity contribution is 7.91. The van der Waals surface area contributed by atoms with Crippen LogP contribution in [0, 0.1) is 6.92 Å². The van der Waals surface area contributed by atoms with Gasteiger partial charge in [0.15, 0.2) is 4.21 Å². The lowest BCUT2D eigenvalue weighted by Gasteiger charge is -2.14. The van der Waals surface area contributed by atoms with Crippen LogP contribution in [0.5, 0.6) is 0 Å².